The van der Waals surface area contributed by atoms with Crippen LogP contribution >= 0.6 is 15.9 Å². The summed E-state index contributed by atoms with van der Waals surface area (Å²) in [6.07, 6.45) is 1.67. The second kappa shape index (κ2) is 3.42. The van der Waals surface area contributed by atoms with E-state index in [9.17, 15) is 4.79 Å². The molecule has 0 amide bonds. The van der Waals surface area contributed by atoms with Gasteiger partial charge in [-0.2, -0.15) is 0 Å². The fourth-order valence-electron chi connectivity index (χ4n) is 1.23. The van der Waals surface area contributed by atoms with Gasteiger partial charge in [0.1, 0.15) is 11.2 Å². The summed E-state index contributed by atoms with van der Waals surface area (Å²) in [4.78, 5) is 18.4. The molecule has 1 N–H and O–H groups in total. The van der Waals surface area contributed by atoms with Gasteiger partial charge >= 0.3 is 5.97 Å². The van der Waals surface area contributed by atoms with E-state index >= 15 is 0 Å². The van der Waals surface area contributed by atoms with Gasteiger partial charge in [-0.1, -0.05) is 0 Å². The van der Waals surface area contributed by atoms with Crippen LogP contribution in [0.2, 0.25) is 0 Å². The van der Waals surface area contributed by atoms with E-state index in [4.69, 9.17) is 0 Å². The maximum absolute atomic E-state index is 11.3. The number of aromatic amines is 1. The highest BCUT2D eigenvalue weighted by molar-refractivity contribution is 9.10. The lowest BCUT2D eigenvalue weighted by molar-refractivity contribution is 0.0594. The Balaban J connectivity index is 2.68. The van der Waals surface area contributed by atoms with Crippen molar-refractivity contribution in [1.29, 1.82) is 0 Å². The van der Waals surface area contributed by atoms with Gasteiger partial charge < -0.3 is 9.72 Å². The van der Waals surface area contributed by atoms with E-state index in [1.165, 1.54) is 7.11 Å². The molecule has 0 fully saturated rings. The summed E-state index contributed by atoms with van der Waals surface area (Å²) in [5.74, 6) is -0.408. The van der Waals surface area contributed by atoms with Crippen molar-refractivity contribution in [2.75, 3.05) is 7.11 Å². The molecule has 0 radical (unpaired) electrons. The number of hydrogen-bond acceptors (Lipinski definition) is 3. The highest BCUT2D eigenvalue weighted by Gasteiger charge is 2.16. The van der Waals surface area contributed by atoms with Gasteiger partial charge in [0.2, 0.25) is 0 Å². The first-order chi connectivity index (χ1) is 6.74. The molecule has 14 heavy (non-hydrogen) atoms. The minimum absolute atomic E-state index is 0.390. The molecule has 2 aromatic heterocycles. The third-order valence-electron chi connectivity index (χ3n) is 1.88. The van der Waals surface area contributed by atoms with Crippen LogP contribution in [-0.2, 0) is 4.74 Å². The van der Waals surface area contributed by atoms with Crippen molar-refractivity contribution >= 4 is 32.9 Å². The summed E-state index contributed by atoms with van der Waals surface area (Å²) >= 11 is 3.30. The van der Waals surface area contributed by atoms with E-state index in [-0.39, 0.29) is 0 Å². The van der Waals surface area contributed by atoms with Crippen LogP contribution in [0.3, 0.4) is 0 Å². The van der Waals surface area contributed by atoms with Gasteiger partial charge in [0, 0.05) is 6.20 Å². The molecule has 0 saturated carbocycles. The first kappa shape index (κ1) is 9.21. The lowest BCUT2D eigenvalue weighted by Gasteiger charge is -1.94. The molecule has 2 rings (SSSR count). The maximum Gasteiger partial charge on any atom is 0.355 e. The molecule has 0 saturated heterocycles. The topological polar surface area (TPSA) is 55.0 Å². The highest BCUT2D eigenvalue weighted by Crippen LogP contribution is 2.25. The number of nitrogens with one attached hydrogen (secondary N) is 1. The molecule has 0 aliphatic heterocycles. The van der Waals surface area contributed by atoms with Gasteiger partial charge in [-0.15, -0.1) is 0 Å². The summed E-state index contributed by atoms with van der Waals surface area (Å²) < 4.78 is 5.26. The molecule has 2 heterocycles. The summed E-state index contributed by atoms with van der Waals surface area (Å²) in [6.45, 7) is 0. The van der Waals surface area contributed by atoms with Gasteiger partial charge in [0.25, 0.3) is 0 Å². The molecule has 0 unspecified atom stereocenters. The maximum atomic E-state index is 11.3. The van der Waals surface area contributed by atoms with Crippen LogP contribution in [0.4, 0.5) is 0 Å². The van der Waals surface area contributed by atoms with Crippen LogP contribution in [0.15, 0.2) is 22.8 Å². The molecule has 4 nitrogen and oxygen atoms in total. The Hall–Kier alpha value is -1.36. The monoisotopic (exact) mass is 254 g/mol. The lowest BCUT2D eigenvalue weighted by atomic mass is 10.4. The van der Waals surface area contributed by atoms with E-state index in [0.717, 1.165) is 11.0 Å². The number of methoxy groups -OCH3 is 1. The second-order valence-corrected chi connectivity index (χ2v) is 3.50. The SMILES string of the molecule is COC(=O)c1[nH]c2cccnc2c1Br. The number of nitrogens with zero attached hydrogens (tertiary/aromatic N) is 1. The first-order valence-electron chi connectivity index (χ1n) is 3.94. The predicted octanol–water partition coefficient (Wildman–Crippen LogP) is 2.11. The molecule has 5 heteroatoms. The lowest BCUT2D eigenvalue weighted by Crippen LogP contribution is -2.01. The van der Waals surface area contributed by atoms with Gasteiger partial charge in [0.15, 0.2) is 0 Å². The predicted molar refractivity (Wildman–Crippen MR) is 55.1 cm³/mol. The van der Waals surface area contributed by atoms with Crippen molar-refractivity contribution in [1.82, 2.24) is 9.97 Å². The van der Waals surface area contributed by atoms with Crippen molar-refractivity contribution in [3.8, 4) is 0 Å². The Morgan fingerprint density at radius 3 is 3.07 bits per heavy atom. The smallest absolute Gasteiger partial charge is 0.355 e. The van der Waals surface area contributed by atoms with Gasteiger partial charge in [0.05, 0.1) is 17.1 Å². The zero-order valence-electron chi connectivity index (χ0n) is 7.37. The third kappa shape index (κ3) is 1.29. The number of esters is 1. The summed E-state index contributed by atoms with van der Waals surface area (Å²) in [5, 5.41) is 0. The number of carbonyl (C=O) groups is 1. The average molecular weight is 255 g/mol. The van der Waals surface area contributed by atoms with E-state index < -0.39 is 5.97 Å². The fraction of sp³-hybridized carbons (Fsp3) is 0.111. The standard InChI is InChI=1S/C9H7BrN2O2/c1-14-9(13)8-6(10)7-5(12-8)3-2-4-11-7/h2-4,12H,1H3. The van der Waals surface area contributed by atoms with Crippen LogP contribution in [0.1, 0.15) is 10.5 Å². The minimum atomic E-state index is -0.408. The Labute approximate surface area is 88.4 Å². The zero-order chi connectivity index (χ0) is 10.1. The van der Waals surface area contributed by atoms with Crippen LogP contribution in [0.25, 0.3) is 11.0 Å². The number of fused-ring (bicyclic) bond motifs is 1. The number of aromatic nitrogens is 2. The second-order valence-electron chi connectivity index (χ2n) is 2.71. The highest BCUT2D eigenvalue weighted by atomic mass is 79.9. The average Bonchev–Trinajstić information content (AvgIpc) is 2.56. The summed E-state index contributed by atoms with van der Waals surface area (Å²) in [5.41, 5.74) is 1.92. The van der Waals surface area contributed by atoms with E-state index in [1.807, 2.05) is 6.07 Å². The zero-order valence-corrected chi connectivity index (χ0v) is 8.96. The van der Waals surface area contributed by atoms with Crippen molar-refractivity contribution in [2.24, 2.45) is 0 Å². The number of hydrogen-bond donors (Lipinski definition) is 1. The Bertz CT molecular complexity index is 493. The Morgan fingerprint density at radius 2 is 2.43 bits per heavy atom. The fourth-order valence-corrected chi connectivity index (χ4v) is 1.81. The van der Waals surface area contributed by atoms with Crippen LogP contribution < -0.4 is 0 Å². The van der Waals surface area contributed by atoms with Crippen LogP contribution in [0, 0.1) is 0 Å². The van der Waals surface area contributed by atoms with E-state index in [0.29, 0.717) is 10.2 Å². The van der Waals surface area contributed by atoms with Crippen LogP contribution in [-0.4, -0.2) is 23.0 Å². The van der Waals surface area contributed by atoms with Gasteiger partial charge in [-0.25, -0.2) is 4.79 Å². The van der Waals surface area contributed by atoms with Gasteiger partial charge in [-0.3, -0.25) is 4.98 Å². The molecule has 0 spiro atoms. The number of pyridine rings is 1. The number of halogens is 1. The Kier molecular flexibility index (Phi) is 2.25. The van der Waals surface area contributed by atoms with Gasteiger partial charge in [-0.05, 0) is 28.1 Å². The molecular weight excluding hydrogens is 248 g/mol. The van der Waals surface area contributed by atoms with Crippen LogP contribution in [0.5, 0.6) is 0 Å². The number of H-pyrrole nitrogens is 1. The van der Waals surface area contributed by atoms with Crippen molar-refractivity contribution in [3.63, 3.8) is 0 Å². The van der Waals surface area contributed by atoms with Crippen molar-refractivity contribution < 1.29 is 9.53 Å². The van der Waals surface area contributed by atoms with Crippen molar-refractivity contribution in [3.05, 3.63) is 28.5 Å². The number of ether oxygens (including phenoxy) is 1. The number of rotatable bonds is 1. The molecule has 0 aromatic carbocycles. The first-order valence-corrected chi connectivity index (χ1v) is 4.74. The van der Waals surface area contributed by atoms with E-state index in [1.54, 1.807) is 12.3 Å². The molecule has 0 aliphatic carbocycles. The Morgan fingerprint density at radius 1 is 1.64 bits per heavy atom. The molecule has 2 aromatic rings. The van der Waals surface area contributed by atoms with Crippen molar-refractivity contribution in [2.45, 2.75) is 0 Å². The molecule has 0 atom stereocenters. The molecule has 72 valence electrons. The minimum Gasteiger partial charge on any atom is -0.464 e. The molecular formula is C9H7BrN2O2. The van der Waals surface area contributed by atoms with E-state index in [2.05, 4.69) is 30.6 Å². The quantitative estimate of drug-likeness (QED) is 0.794. The number of carbonyl (C=O) groups excluding carboxylic acids is 1. The summed E-state index contributed by atoms with van der Waals surface area (Å²) in [7, 11) is 1.34. The third-order valence-corrected chi connectivity index (χ3v) is 2.66. The molecule has 0 aliphatic rings. The molecule has 0 bridgehead atoms. The summed E-state index contributed by atoms with van der Waals surface area (Å²) in [6, 6.07) is 3.64. The normalized spacial score (nSPS) is 10.4. The largest absolute Gasteiger partial charge is 0.464 e.